The molecule has 1 amide bonds. The third-order valence-corrected chi connectivity index (χ3v) is 6.06. The number of hydrogen-bond acceptors (Lipinski definition) is 3. The lowest BCUT2D eigenvalue weighted by Crippen LogP contribution is -2.40. The number of carbonyl (C=O) groups excluding carboxylic acids is 2. The number of aromatic nitrogens is 1. The molecule has 0 aromatic carbocycles. The van der Waals surface area contributed by atoms with Crippen molar-refractivity contribution in [2.24, 2.45) is 5.92 Å². The Morgan fingerprint density at radius 2 is 1.73 bits per heavy atom. The molecule has 1 aliphatic carbocycles. The lowest BCUT2D eigenvalue weighted by Gasteiger charge is -2.31. The smallest absolute Gasteiger partial charge is 0.309 e. The Kier molecular flexibility index (Phi) is 6.05. The average molecular weight is 360 g/mol. The molecular formula is C21H32N2O3. The van der Waals surface area contributed by atoms with Crippen molar-refractivity contribution in [3.63, 3.8) is 0 Å². The van der Waals surface area contributed by atoms with Crippen LogP contribution < -0.4 is 0 Å². The molecule has 5 heteroatoms. The SMILES string of the molecule is CCOC(=O)C1CCN(C(=O)c2cc(C)n(C3CCCCC3)c2C)CC1. The predicted molar refractivity (Wildman–Crippen MR) is 101 cm³/mol. The largest absolute Gasteiger partial charge is 0.466 e. The summed E-state index contributed by atoms with van der Waals surface area (Å²) in [6.07, 6.45) is 7.73. The summed E-state index contributed by atoms with van der Waals surface area (Å²) in [5.41, 5.74) is 3.13. The van der Waals surface area contributed by atoms with Gasteiger partial charge in [-0.3, -0.25) is 9.59 Å². The average Bonchev–Trinajstić information content (AvgIpc) is 2.96. The fourth-order valence-corrected chi connectivity index (χ4v) is 4.64. The van der Waals surface area contributed by atoms with Gasteiger partial charge in [-0.25, -0.2) is 0 Å². The molecule has 0 spiro atoms. The van der Waals surface area contributed by atoms with Gasteiger partial charge in [-0.2, -0.15) is 0 Å². The molecule has 3 rings (SSSR count). The van der Waals surface area contributed by atoms with Crippen LogP contribution in [0.25, 0.3) is 0 Å². The number of esters is 1. The zero-order valence-electron chi connectivity index (χ0n) is 16.4. The molecule has 0 N–H and O–H groups in total. The zero-order chi connectivity index (χ0) is 18.7. The lowest BCUT2D eigenvalue weighted by atomic mass is 9.95. The second kappa shape index (κ2) is 8.28. The number of piperidine rings is 1. The van der Waals surface area contributed by atoms with E-state index in [2.05, 4.69) is 24.5 Å². The summed E-state index contributed by atoms with van der Waals surface area (Å²) >= 11 is 0. The summed E-state index contributed by atoms with van der Waals surface area (Å²) in [5.74, 6) is -0.0637. The highest BCUT2D eigenvalue weighted by Crippen LogP contribution is 2.33. The summed E-state index contributed by atoms with van der Waals surface area (Å²) in [6, 6.07) is 2.60. The molecule has 0 bridgehead atoms. The molecule has 2 aliphatic rings. The molecule has 0 unspecified atom stereocenters. The van der Waals surface area contributed by atoms with Gasteiger partial charge in [0.1, 0.15) is 0 Å². The number of likely N-dealkylation sites (tertiary alicyclic amines) is 1. The molecule has 1 aromatic rings. The van der Waals surface area contributed by atoms with Crippen LogP contribution in [0, 0.1) is 19.8 Å². The van der Waals surface area contributed by atoms with E-state index in [0.717, 1.165) is 11.3 Å². The van der Waals surface area contributed by atoms with Gasteiger partial charge in [0.2, 0.25) is 0 Å². The normalized spacial score (nSPS) is 19.6. The van der Waals surface area contributed by atoms with Crippen molar-refractivity contribution in [3.8, 4) is 0 Å². The first-order valence-corrected chi connectivity index (χ1v) is 10.2. The van der Waals surface area contributed by atoms with Crippen molar-refractivity contribution in [1.29, 1.82) is 0 Å². The molecule has 144 valence electrons. The van der Waals surface area contributed by atoms with Crippen LogP contribution in [0.4, 0.5) is 0 Å². The minimum absolute atomic E-state index is 0.0614. The van der Waals surface area contributed by atoms with E-state index >= 15 is 0 Å². The number of rotatable bonds is 4. The Morgan fingerprint density at radius 1 is 1.08 bits per heavy atom. The maximum atomic E-state index is 13.1. The topological polar surface area (TPSA) is 51.5 Å². The second-order valence-electron chi connectivity index (χ2n) is 7.77. The Balaban J connectivity index is 1.68. The van der Waals surface area contributed by atoms with Gasteiger partial charge in [0.25, 0.3) is 5.91 Å². The van der Waals surface area contributed by atoms with Crippen LogP contribution >= 0.6 is 0 Å². The van der Waals surface area contributed by atoms with E-state index in [1.165, 1.54) is 37.8 Å². The molecule has 1 saturated carbocycles. The van der Waals surface area contributed by atoms with E-state index in [0.29, 0.717) is 38.6 Å². The first kappa shape index (κ1) is 19.0. The maximum Gasteiger partial charge on any atom is 0.309 e. The summed E-state index contributed by atoms with van der Waals surface area (Å²) in [5, 5.41) is 0. The number of aryl methyl sites for hydroxylation is 1. The van der Waals surface area contributed by atoms with Crippen molar-refractivity contribution in [1.82, 2.24) is 9.47 Å². The van der Waals surface area contributed by atoms with E-state index in [4.69, 9.17) is 4.74 Å². The van der Waals surface area contributed by atoms with Gasteiger partial charge >= 0.3 is 5.97 Å². The van der Waals surface area contributed by atoms with Gasteiger partial charge in [0.15, 0.2) is 0 Å². The van der Waals surface area contributed by atoms with Crippen LogP contribution in [0.1, 0.15) is 79.7 Å². The molecule has 2 heterocycles. The highest BCUT2D eigenvalue weighted by Gasteiger charge is 2.30. The zero-order valence-corrected chi connectivity index (χ0v) is 16.4. The standard InChI is InChI=1S/C21H32N2O3/c1-4-26-21(25)17-10-12-22(13-11-17)20(24)19-14-15(2)23(16(19)3)18-8-6-5-7-9-18/h14,17-18H,4-13H2,1-3H3. The third-order valence-electron chi connectivity index (χ3n) is 6.06. The molecule has 2 fully saturated rings. The second-order valence-corrected chi connectivity index (χ2v) is 7.77. The Labute approximate surface area is 156 Å². The van der Waals surface area contributed by atoms with E-state index < -0.39 is 0 Å². The monoisotopic (exact) mass is 360 g/mol. The molecule has 1 aliphatic heterocycles. The van der Waals surface area contributed by atoms with Crippen molar-refractivity contribution in [2.75, 3.05) is 19.7 Å². The van der Waals surface area contributed by atoms with E-state index in [-0.39, 0.29) is 17.8 Å². The summed E-state index contributed by atoms with van der Waals surface area (Å²) < 4.78 is 7.51. The molecule has 1 saturated heterocycles. The van der Waals surface area contributed by atoms with Crippen molar-refractivity contribution < 1.29 is 14.3 Å². The highest BCUT2D eigenvalue weighted by atomic mass is 16.5. The van der Waals surface area contributed by atoms with E-state index in [1.807, 2.05) is 11.8 Å². The van der Waals surface area contributed by atoms with Crippen molar-refractivity contribution in [3.05, 3.63) is 23.0 Å². The van der Waals surface area contributed by atoms with Gasteiger partial charge in [0.05, 0.1) is 18.1 Å². The third kappa shape index (κ3) is 3.81. The van der Waals surface area contributed by atoms with Gasteiger partial charge in [0, 0.05) is 30.5 Å². The molecule has 5 nitrogen and oxygen atoms in total. The Hall–Kier alpha value is -1.78. The van der Waals surface area contributed by atoms with Crippen LogP contribution in [-0.4, -0.2) is 41.0 Å². The van der Waals surface area contributed by atoms with Gasteiger partial charge in [-0.15, -0.1) is 0 Å². The molecule has 0 atom stereocenters. The molecular weight excluding hydrogens is 328 g/mol. The number of amides is 1. The molecule has 1 aromatic heterocycles. The number of hydrogen-bond donors (Lipinski definition) is 0. The van der Waals surface area contributed by atoms with E-state index in [9.17, 15) is 9.59 Å². The minimum atomic E-state index is -0.116. The molecule has 0 radical (unpaired) electrons. The summed E-state index contributed by atoms with van der Waals surface area (Å²) in [6.45, 7) is 7.72. The van der Waals surface area contributed by atoms with Crippen LogP contribution in [0.5, 0.6) is 0 Å². The van der Waals surface area contributed by atoms with Crippen LogP contribution in [-0.2, 0) is 9.53 Å². The van der Waals surface area contributed by atoms with Crippen LogP contribution in [0.3, 0.4) is 0 Å². The fraction of sp³-hybridized carbons (Fsp3) is 0.714. The van der Waals surface area contributed by atoms with Gasteiger partial charge in [-0.1, -0.05) is 19.3 Å². The first-order valence-electron chi connectivity index (χ1n) is 10.2. The quantitative estimate of drug-likeness (QED) is 0.762. The molecule has 26 heavy (non-hydrogen) atoms. The summed E-state index contributed by atoms with van der Waals surface area (Å²) in [4.78, 5) is 26.9. The van der Waals surface area contributed by atoms with Crippen LogP contribution in [0.2, 0.25) is 0 Å². The first-order chi connectivity index (χ1) is 12.5. The highest BCUT2D eigenvalue weighted by molar-refractivity contribution is 5.96. The minimum Gasteiger partial charge on any atom is -0.466 e. The van der Waals surface area contributed by atoms with Crippen LogP contribution in [0.15, 0.2) is 6.07 Å². The number of carbonyl (C=O) groups is 2. The summed E-state index contributed by atoms with van der Waals surface area (Å²) in [7, 11) is 0. The van der Waals surface area contributed by atoms with E-state index in [1.54, 1.807) is 0 Å². The number of ether oxygens (including phenoxy) is 1. The van der Waals surface area contributed by atoms with Crippen molar-refractivity contribution in [2.45, 2.75) is 71.8 Å². The predicted octanol–water partition coefficient (Wildman–Crippen LogP) is 4.03. The maximum absolute atomic E-state index is 13.1. The number of nitrogens with zero attached hydrogens (tertiary/aromatic N) is 2. The Morgan fingerprint density at radius 3 is 2.35 bits per heavy atom. The van der Waals surface area contributed by atoms with Gasteiger partial charge in [-0.05, 0) is 52.5 Å². The lowest BCUT2D eigenvalue weighted by molar-refractivity contribution is -0.149. The Bertz CT molecular complexity index is 650. The fourth-order valence-electron chi connectivity index (χ4n) is 4.64. The van der Waals surface area contributed by atoms with Crippen molar-refractivity contribution >= 4 is 11.9 Å². The van der Waals surface area contributed by atoms with Gasteiger partial charge < -0.3 is 14.2 Å².